The number of ether oxygens (including phenoxy) is 6. The predicted molar refractivity (Wildman–Crippen MR) is 357 cm³/mol. The van der Waals surface area contributed by atoms with Crippen molar-refractivity contribution in [2.24, 2.45) is 17.4 Å². The van der Waals surface area contributed by atoms with E-state index >= 15 is 14.4 Å². The number of aliphatic hydroxyl groups excluding tert-OH is 6. The van der Waals surface area contributed by atoms with Gasteiger partial charge in [-0.15, -0.1) is 12.4 Å². The van der Waals surface area contributed by atoms with Crippen LogP contribution in [0.15, 0.2) is 78.9 Å². The number of benzene rings is 5. The van der Waals surface area contributed by atoms with Crippen LogP contribution in [0.4, 0.5) is 0 Å². The monoisotopic (exact) mass is 1480 g/mol. The lowest BCUT2D eigenvalue weighted by Crippen LogP contribution is -2.64. The Morgan fingerprint density at radius 3 is 1.89 bits per heavy atom. The number of carboxylic acid groups (broad SMARTS) is 1. The zero-order chi connectivity index (χ0) is 73.5. The number of rotatable bonds is 13. The quantitative estimate of drug-likeness (QED) is 0.0764. The molecule has 0 aliphatic carbocycles. The van der Waals surface area contributed by atoms with Gasteiger partial charge in [0.1, 0.15) is 89.5 Å². The number of nitrogens with one attached hydrogen (secondary N) is 7. The van der Waals surface area contributed by atoms with Gasteiger partial charge in [-0.2, -0.15) is 0 Å². The Morgan fingerprint density at radius 2 is 1.31 bits per heavy atom. The largest absolute Gasteiger partial charge is 0.508 e. The number of aromatic hydroxyl groups is 3. The van der Waals surface area contributed by atoms with Crippen LogP contribution < -0.4 is 62.9 Å². The maximum absolute atomic E-state index is 16.0. The molecule has 36 heteroatoms. The maximum atomic E-state index is 16.0. The Hall–Kier alpha value is -8.91. The van der Waals surface area contributed by atoms with Gasteiger partial charge in [0, 0.05) is 34.7 Å². The second-order valence-electron chi connectivity index (χ2n) is 25.7. The highest BCUT2D eigenvalue weighted by molar-refractivity contribution is 6.32. The fourth-order valence-electron chi connectivity index (χ4n) is 12.5. The predicted octanol–water partition coefficient (Wildman–Crippen LogP) is 0.528. The Kier molecular flexibility index (Phi) is 23.8. The molecule has 21 N–H and O–H groups in total. The van der Waals surface area contributed by atoms with E-state index < -0.39 is 237 Å². The number of nitrogens with two attached hydrogens (primary N) is 2. The fraction of sp³-hybridized carbons (Fsp3) is 0.424. The van der Waals surface area contributed by atoms with Crippen LogP contribution >= 0.6 is 35.6 Å². The Labute approximate surface area is 596 Å². The Bertz CT molecular complexity index is 4080. The molecule has 102 heavy (non-hydrogen) atoms. The third-order valence-corrected chi connectivity index (χ3v) is 18.4. The fourth-order valence-corrected chi connectivity index (χ4v) is 12.9. The van der Waals surface area contributed by atoms with Crippen LogP contribution in [0.25, 0.3) is 11.1 Å². The molecule has 550 valence electrons. The van der Waals surface area contributed by atoms with Crippen LogP contribution in [0.2, 0.25) is 10.0 Å². The van der Waals surface area contributed by atoms with E-state index in [-0.39, 0.29) is 58.6 Å². The summed E-state index contributed by atoms with van der Waals surface area (Å²) in [6, 6.07) is -0.679. The Morgan fingerprint density at radius 1 is 0.716 bits per heavy atom. The molecule has 5 aromatic carbocycles. The normalized spacial score (nSPS) is 29.1. The number of carboxylic acids is 1. The molecule has 5 aromatic rings. The molecular weight excluding hydrogens is 1410 g/mol. The summed E-state index contributed by atoms with van der Waals surface area (Å²) < 4.78 is 38.3. The molecular formula is C66H76Cl3N9O24. The maximum Gasteiger partial charge on any atom is 0.330 e. The molecule has 18 atom stereocenters. The first-order valence-corrected chi connectivity index (χ1v) is 32.4. The van der Waals surface area contributed by atoms with Crippen molar-refractivity contribution in [1.29, 1.82) is 0 Å². The molecule has 12 rings (SSSR count). The van der Waals surface area contributed by atoms with Crippen molar-refractivity contribution < 1.29 is 118 Å². The van der Waals surface area contributed by atoms with E-state index in [9.17, 15) is 75.0 Å². The Balaban J connectivity index is 0.0000121. The molecule has 2 saturated heterocycles. The number of phenolic OH excluding ortho intramolecular Hbond substituents is 3. The van der Waals surface area contributed by atoms with Crippen molar-refractivity contribution in [2.75, 3.05) is 13.7 Å². The zero-order valence-electron chi connectivity index (χ0n) is 54.7. The minimum Gasteiger partial charge on any atom is -0.508 e. The zero-order valence-corrected chi connectivity index (χ0v) is 57.1. The van der Waals surface area contributed by atoms with Gasteiger partial charge in [-0.1, -0.05) is 55.2 Å². The SMILES string of the molecule is CNC(CC(C)C)C(=O)NC1C(=O)NC(CC(N)=O)C(=O)NC2C(=O)NC3C(=O)NC(C(=O)NC(C(=O)O)c4cc(O)cc(O)c4-c4cc3ccc4O)C(O)c3ccc(c(Cl)c3)Oc3cc2cc(c3OC2OC(CO)C(O)C(O)C2OC2CC(C)(N)C(O)C(C)O2)Oc2ccc(cc2Cl)C1O.Cl. The van der Waals surface area contributed by atoms with Crippen LogP contribution in [0.3, 0.4) is 0 Å². The second kappa shape index (κ2) is 31.4. The molecule has 7 aliphatic heterocycles. The van der Waals surface area contributed by atoms with Crippen molar-refractivity contribution in [3.8, 4) is 57.1 Å². The van der Waals surface area contributed by atoms with E-state index in [0.29, 0.717) is 0 Å². The minimum absolute atomic E-state index is 0. The van der Waals surface area contributed by atoms with Crippen molar-refractivity contribution in [2.45, 2.75) is 156 Å². The van der Waals surface area contributed by atoms with Crippen molar-refractivity contribution >= 4 is 82.9 Å². The third-order valence-electron chi connectivity index (χ3n) is 17.8. The number of amides is 7. The number of aliphatic carboxylic acids is 1. The standard InChI is InChI=1S/C66H75Cl2N9O24.ClH/c1-23(2)12-34(71-5)58(88)76-49-51(83)26-7-10-38(32(67)14-26)97-40-16-28-17-41(55(40)101-65-56(54(86)53(85)42(22-78)99-65)100-44-21-66(4,70)57(87)24(3)96-44)98-39-11-8-27(15-33(39)68)52(84)50-63(93)75-48(64(94)95)31-18-29(79)19-37(81)45(31)30-13-25(6-9-36(30)80)46(60(90)77-50)74-61(91)47(28)73-59(89)35(20-43(69)82)72-62(49)92;/h6-11,13-19,23-24,34-35,42,44,46-54,56-57,65,71,78-81,83-87H,12,20-22,70H2,1-5H3,(H2,69,82)(H,72,92)(H,73,89)(H,74,91)(H,75,93)(H,76,88)(H,77,90)(H,94,95);1H. The first-order chi connectivity index (χ1) is 47.7. The van der Waals surface area contributed by atoms with Crippen LogP contribution in [0.5, 0.6) is 46.0 Å². The number of likely N-dealkylation sites (N-methyl/N-ethyl adjacent to an activating group) is 1. The lowest BCUT2D eigenvalue weighted by Gasteiger charge is -2.47. The number of carbonyl (C=O) groups excluding carboxylic acids is 7. The van der Waals surface area contributed by atoms with Crippen LogP contribution in [-0.2, 0) is 52.6 Å². The van der Waals surface area contributed by atoms with Gasteiger partial charge in [0.25, 0.3) is 0 Å². The molecule has 33 nitrogen and oxygen atoms in total. The number of hydrogen-bond acceptors (Lipinski definition) is 25. The van der Waals surface area contributed by atoms with Crippen molar-refractivity contribution in [3.05, 3.63) is 117 Å². The molecule has 0 saturated carbocycles. The molecule has 7 heterocycles. The molecule has 0 radical (unpaired) electrons. The van der Waals surface area contributed by atoms with Gasteiger partial charge < -0.3 is 128 Å². The number of primary amides is 1. The second-order valence-corrected chi connectivity index (χ2v) is 26.5. The van der Waals surface area contributed by atoms with Crippen LogP contribution in [-0.4, -0.2) is 191 Å². The summed E-state index contributed by atoms with van der Waals surface area (Å²) in [5.41, 5.74) is 8.00. The number of halogens is 3. The van der Waals surface area contributed by atoms with Gasteiger partial charge in [0.05, 0.1) is 41.3 Å². The molecule has 0 spiro atoms. The van der Waals surface area contributed by atoms with Gasteiger partial charge in [0.15, 0.2) is 29.9 Å². The van der Waals surface area contributed by atoms with Gasteiger partial charge in [-0.3, -0.25) is 33.6 Å². The summed E-state index contributed by atoms with van der Waals surface area (Å²) in [5.74, 6) is -16.0. The highest BCUT2D eigenvalue weighted by Gasteiger charge is 2.51. The van der Waals surface area contributed by atoms with Gasteiger partial charge >= 0.3 is 5.97 Å². The molecule has 0 aromatic heterocycles. The third kappa shape index (κ3) is 16.3. The first-order valence-electron chi connectivity index (χ1n) is 31.6. The molecule has 18 unspecified atom stereocenters. The summed E-state index contributed by atoms with van der Waals surface area (Å²) in [6.45, 7) is 5.66. The minimum atomic E-state index is -2.35. The first kappa shape index (κ1) is 77.3. The summed E-state index contributed by atoms with van der Waals surface area (Å²) in [5, 5.41) is 131. The topological polar surface area (TPSA) is 530 Å². The van der Waals surface area contributed by atoms with Crippen LogP contribution in [0.1, 0.15) is 105 Å². The highest BCUT2D eigenvalue weighted by Crippen LogP contribution is 2.50. The highest BCUT2D eigenvalue weighted by atomic mass is 35.5. The molecule has 2 fully saturated rings. The molecule has 7 aliphatic rings. The average Bonchev–Trinajstić information content (AvgIpc) is 0.773. The number of hydrogen-bond donors (Lipinski definition) is 19. The number of phenols is 3. The number of aliphatic hydroxyl groups is 6. The van der Waals surface area contributed by atoms with E-state index in [0.717, 1.165) is 66.7 Å². The molecule has 11 bridgehead atoms. The summed E-state index contributed by atoms with van der Waals surface area (Å²) in [4.78, 5) is 117. The smallest absolute Gasteiger partial charge is 0.330 e. The summed E-state index contributed by atoms with van der Waals surface area (Å²) in [7, 11) is 1.47. The van der Waals surface area contributed by atoms with E-state index in [4.69, 9.17) is 63.1 Å². The number of carbonyl (C=O) groups is 8. The van der Waals surface area contributed by atoms with E-state index in [2.05, 4.69) is 37.2 Å². The molecule has 7 amide bonds. The van der Waals surface area contributed by atoms with Gasteiger partial charge in [-0.05, 0) is 110 Å². The van der Waals surface area contributed by atoms with E-state index in [1.165, 1.54) is 33.0 Å². The summed E-state index contributed by atoms with van der Waals surface area (Å²) >= 11 is 14.1. The van der Waals surface area contributed by atoms with E-state index in [1.54, 1.807) is 0 Å². The van der Waals surface area contributed by atoms with E-state index in [1.807, 2.05) is 13.8 Å². The average molecular weight is 1490 g/mol. The lowest BCUT2D eigenvalue weighted by molar-refractivity contribution is -0.333. The van der Waals surface area contributed by atoms with Crippen LogP contribution in [0, 0.1) is 5.92 Å². The summed E-state index contributed by atoms with van der Waals surface area (Å²) in [6.07, 6.45) is -18.6. The van der Waals surface area contributed by atoms with Gasteiger partial charge in [0.2, 0.25) is 53.4 Å². The van der Waals surface area contributed by atoms with Crippen molar-refractivity contribution in [1.82, 2.24) is 37.2 Å². The lowest BCUT2D eigenvalue weighted by atomic mass is 9.86. The van der Waals surface area contributed by atoms with Crippen molar-refractivity contribution in [3.63, 3.8) is 0 Å². The van der Waals surface area contributed by atoms with Gasteiger partial charge in [-0.25, -0.2) is 4.79 Å². The number of fused-ring (bicyclic) bond motifs is 15.